The summed E-state index contributed by atoms with van der Waals surface area (Å²) in [6, 6.07) is 9.60. The van der Waals surface area contributed by atoms with E-state index in [4.69, 9.17) is 26.2 Å². The van der Waals surface area contributed by atoms with E-state index in [1.165, 1.54) is 0 Å². The summed E-state index contributed by atoms with van der Waals surface area (Å²) in [5, 5.41) is 32.3. The van der Waals surface area contributed by atoms with Crippen LogP contribution in [0.3, 0.4) is 0 Å². The second-order valence-electron chi connectivity index (χ2n) is 5.03. The highest BCUT2D eigenvalue weighted by Crippen LogP contribution is 2.17. The SMILES string of the molecule is Cn1c(C(N)=O)cc2ccccc21.O=C(O)/C=C\C(=O)O.O=C(O)/C=C\C(=O)O. The first-order valence-electron chi connectivity index (χ1n) is 7.57. The van der Waals surface area contributed by atoms with Crippen molar-refractivity contribution in [3.8, 4) is 0 Å². The van der Waals surface area contributed by atoms with Gasteiger partial charge >= 0.3 is 23.9 Å². The topological polar surface area (TPSA) is 197 Å². The predicted octanol–water partition coefficient (Wildman–Crippen LogP) is 0.701. The smallest absolute Gasteiger partial charge is 0.328 e. The van der Waals surface area contributed by atoms with Gasteiger partial charge in [-0.2, -0.15) is 0 Å². The van der Waals surface area contributed by atoms with Crippen LogP contribution in [0.25, 0.3) is 10.9 Å². The fourth-order valence-electron chi connectivity index (χ4n) is 1.81. The number of primary amides is 1. The van der Waals surface area contributed by atoms with Crippen molar-refractivity contribution in [2.24, 2.45) is 12.8 Å². The molecule has 1 amide bonds. The molecule has 0 spiro atoms. The van der Waals surface area contributed by atoms with E-state index < -0.39 is 29.8 Å². The minimum absolute atomic E-state index is 0.390. The maximum absolute atomic E-state index is 11.0. The zero-order valence-corrected chi connectivity index (χ0v) is 15.1. The van der Waals surface area contributed by atoms with Crippen molar-refractivity contribution in [3.05, 3.63) is 60.3 Å². The summed E-state index contributed by atoms with van der Waals surface area (Å²) in [5.41, 5.74) is 6.79. The van der Waals surface area contributed by atoms with Crippen molar-refractivity contribution >= 4 is 40.7 Å². The zero-order chi connectivity index (χ0) is 22.6. The fraction of sp³-hybridized carbons (Fsp3) is 0.0556. The van der Waals surface area contributed by atoms with Gasteiger partial charge in [0, 0.05) is 42.3 Å². The Morgan fingerprint density at radius 3 is 1.48 bits per heavy atom. The van der Waals surface area contributed by atoms with Gasteiger partial charge in [-0.3, -0.25) is 4.79 Å². The van der Waals surface area contributed by atoms with Crippen LogP contribution in [0.1, 0.15) is 10.5 Å². The Balaban J connectivity index is 0.000000432. The lowest BCUT2D eigenvalue weighted by Crippen LogP contribution is -2.14. The van der Waals surface area contributed by atoms with Crippen LogP contribution in [0.2, 0.25) is 0 Å². The van der Waals surface area contributed by atoms with Gasteiger partial charge in [0.1, 0.15) is 5.69 Å². The van der Waals surface area contributed by atoms with E-state index in [1.807, 2.05) is 31.3 Å². The summed E-state index contributed by atoms with van der Waals surface area (Å²) in [5.74, 6) is -5.42. The molecule has 1 heterocycles. The molecule has 2 aromatic rings. The van der Waals surface area contributed by atoms with Crippen LogP contribution in [0, 0.1) is 0 Å². The van der Waals surface area contributed by atoms with Crippen LogP contribution in [-0.4, -0.2) is 54.8 Å². The summed E-state index contributed by atoms with van der Waals surface area (Å²) in [4.78, 5) is 49.2. The highest BCUT2D eigenvalue weighted by Gasteiger charge is 2.08. The minimum atomic E-state index is -1.26. The van der Waals surface area contributed by atoms with Gasteiger partial charge in [-0.25, -0.2) is 19.2 Å². The summed E-state index contributed by atoms with van der Waals surface area (Å²) < 4.78 is 1.80. The molecule has 0 bridgehead atoms. The Morgan fingerprint density at radius 1 is 0.793 bits per heavy atom. The molecule has 0 fully saturated rings. The van der Waals surface area contributed by atoms with Crippen LogP contribution in [0.5, 0.6) is 0 Å². The van der Waals surface area contributed by atoms with Gasteiger partial charge in [-0.15, -0.1) is 0 Å². The molecule has 29 heavy (non-hydrogen) atoms. The number of aryl methyl sites for hydroxylation is 1. The average molecular weight is 406 g/mol. The van der Waals surface area contributed by atoms with E-state index >= 15 is 0 Å². The average Bonchev–Trinajstić information content (AvgIpc) is 2.97. The number of amides is 1. The Labute approximate surface area is 163 Å². The number of carbonyl (C=O) groups excluding carboxylic acids is 1. The molecule has 1 aromatic heterocycles. The molecule has 0 atom stereocenters. The molecule has 154 valence electrons. The van der Waals surface area contributed by atoms with Crippen LogP contribution < -0.4 is 5.73 Å². The molecule has 6 N–H and O–H groups in total. The van der Waals surface area contributed by atoms with Gasteiger partial charge in [-0.05, 0) is 12.1 Å². The third-order valence-corrected chi connectivity index (χ3v) is 2.94. The number of nitrogens with zero attached hydrogens (tertiary/aromatic N) is 1. The zero-order valence-electron chi connectivity index (χ0n) is 15.1. The molecular weight excluding hydrogens is 388 g/mol. The van der Waals surface area contributed by atoms with E-state index in [1.54, 1.807) is 10.6 Å². The lowest BCUT2D eigenvalue weighted by atomic mass is 10.2. The number of hydrogen-bond donors (Lipinski definition) is 5. The Hall–Kier alpha value is -4.41. The standard InChI is InChI=1S/C10H10N2O.2C4H4O4/c1-12-8-5-3-2-4-7(8)6-9(12)10(11)13;2*5-3(6)1-2-4(7)8/h2-6H,1H3,(H2,11,13);2*1-2H,(H,5,6)(H,7,8)/b;2*2-1-. The fourth-order valence-corrected chi connectivity index (χ4v) is 1.81. The lowest BCUT2D eigenvalue weighted by molar-refractivity contribution is -0.134. The molecule has 0 saturated carbocycles. The van der Waals surface area contributed by atoms with Gasteiger partial charge in [0.15, 0.2) is 0 Å². The molecule has 0 unspecified atom stereocenters. The van der Waals surface area contributed by atoms with Crippen LogP contribution in [0.15, 0.2) is 54.6 Å². The maximum Gasteiger partial charge on any atom is 0.328 e. The van der Waals surface area contributed by atoms with E-state index in [-0.39, 0.29) is 0 Å². The van der Waals surface area contributed by atoms with Gasteiger partial charge in [0.2, 0.25) is 0 Å². The van der Waals surface area contributed by atoms with Gasteiger partial charge in [0.25, 0.3) is 5.91 Å². The molecule has 1 aromatic carbocycles. The number of carboxylic acid groups (broad SMARTS) is 4. The number of aromatic nitrogens is 1. The Kier molecular flexibility index (Phi) is 10.2. The number of carbonyl (C=O) groups is 5. The number of hydrogen-bond acceptors (Lipinski definition) is 5. The maximum atomic E-state index is 11.0. The Morgan fingerprint density at radius 2 is 1.17 bits per heavy atom. The third-order valence-electron chi connectivity index (χ3n) is 2.94. The van der Waals surface area contributed by atoms with E-state index in [2.05, 4.69) is 0 Å². The molecule has 0 aliphatic heterocycles. The quantitative estimate of drug-likeness (QED) is 0.444. The largest absolute Gasteiger partial charge is 0.478 e. The van der Waals surface area contributed by atoms with Crippen molar-refractivity contribution in [1.82, 2.24) is 4.57 Å². The van der Waals surface area contributed by atoms with Crippen LogP contribution in [0.4, 0.5) is 0 Å². The number of carboxylic acids is 4. The summed E-state index contributed by atoms with van der Waals surface area (Å²) in [6.45, 7) is 0. The number of aliphatic carboxylic acids is 4. The first-order valence-corrected chi connectivity index (χ1v) is 7.57. The molecule has 0 saturated heterocycles. The van der Waals surface area contributed by atoms with Crippen molar-refractivity contribution in [1.29, 1.82) is 0 Å². The molecule has 0 aliphatic carbocycles. The molecular formula is C18H18N2O9. The number of rotatable bonds is 5. The molecule has 0 radical (unpaired) electrons. The van der Waals surface area contributed by atoms with Crippen LogP contribution in [-0.2, 0) is 26.2 Å². The van der Waals surface area contributed by atoms with Gasteiger partial charge in [0.05, 0.1) is 0 Å². The summed E-state index contributed by atoms with van der Waals surface area (Å²) in [7, 11) is 1.84. The molecule has 0 aliphatic rings. The number of para-hydroxylation sites is 1. The van der Waals surface area contributed by atoms with Crippen LogP contribution >= 0.6 is 0 Å². The molecule has 11 nitrogen and oxygen atoms in total. The minimum Gasteiger partial charge on any atom is -0.478 e. The number of fused-ring (bicyclic) bond motifs is 1. The molecule has 2 rings (SSSR count). The van der Waals surface area contributed by atoms with Crippen molar-refractivity contribution in [2.45, 2.75) is 0 Å². The predicted molar refractivity (Wildman–Crippen MR) is 100 cm³/mol. The summed E-state index contributed by atoms with van der Waals surface area (Å²) >= 11 is 0. The van der Waals surface area contributed by atoms with Gasteiger partial charge < -0.3 is 30.7 Å². The number of nitrogens with two attached hydrogens (primary N) is 1. The first-order chi connectivity index (χ1) is 13.5. The second kappa shape index (κ2) is 12.1. The third kappa shape index (κ3) is 10.4. The summed E-state index contributed by atoms with van der Waals surface area (Å²) in [6.07, 6.45) is 2.23. The van der Waals surface area contributed by atoms with Crippen molar-refractivity contribution in [2.75, 3.05) is 0 Å². The number of benzene rings is 1. The van der Waals surface area contributed by atoms with Gasteiger partial charge in [-0.1, -0.05) is 18.2 Å². The van der Waals surface area contributed by atoms with E-state index in [9.17, 15) is 24.0 Å². The Bertz CT molecular complexity index is 905. The monoisotopic (exact) mass is 406 g/mol. The lowest BCUT2D eigenvalue weighted by Gasteiger charge is -1.98. The van der Waals surface area contributed by atoms with E-state index in [0.717, 1.165) is 10.9 Å². The highest BCUT2D eigenvalue weighted by atomic mass is 16.4. The highest BCUT2D eigenvalue weighted by molar-refractivity contribution is 5.97. The van der Waals surface area contributed by atoms with E-state index in [0.29, 0.717) is 30.0 Å². The van der Waals surface area contributed by atoms with Crippen molar-refractivity contribution < 1.29 is 44.4 Å². The second-order valence-corrected chi connectivity index (χ2v) is 5.03. The first kappa shape index (κ1) is 24.6. The normalized spacial score (nSPS) is 9.97. The van der Waals surface area contributed by atoms with Crippen molar-refractivity contribution in [3.63, 3.8) is 0 Å². The molecule has 11 heteroatoms.